The summed E-state index contributed by atoms with van der Waals surface area (Å²) in [5.41, 5.74) is 0.0431. The van der Waals surface area contributed by atoms with Gasteiger partial charge in [-0.3, -0.25) is 14.4 Å². The molecule has 2 aromatic carbocycles. The second-order valence-corrected chi connectivity index (χ2v) is 11.5. The van der Waals surface area contributed by atoms with E-state index in [4.69, 9.17) is 0 Å². The molecule has 3 amide bonds. The number of amides is 3. The zero-order valence-electron chi connectivity index (χ0n) is 22.0. The SMILES string of the molecule is CC(=O)NC1CCC(C(=O)N2CCC(N(C)C(=O)c3cc(Br)cc(C(F)(F)F)c3)C(c3ccccc3)C2)CC1. The molecule has 1 saturated heterocycles. The predicted octanol–water partition coefficient (Wildman–Crippen LogP) is 5.62. The molecular formula is C29H33BrF3N3O3. The largest absolute Gasteiger partial charge is 0.416 e. The number of carbonyl (C=O) groups excluding carboxylic acids is 3. The van der Waals surface area contributed by atoms with Crippen molar-refractivity contribution in [2.75, 3.05) is 20.1 Å². The average molecular weight is 608 g/mol. The Morgan fingerprint density at radius 2 is 1.67 bits per heavy atom. The Morgan fingerprint density at radius 3 is 2.28 bits per heavy atom. The van der Waals surface area contributed by atoms with E-state index in [1.54, 1.807) is 7.05 Å². The Balaban J connectivity index is 1.52. The van der Waals surface area contributed by atoms with E-state index in [0.29, 0.717) is 32.4 Å². The number of likely N-dealkylation sites (N-methyl/N-ethyl adjacent to an activating group) is 1. The standard InChI is InChI=1S/C29H33BrF3N3O3/c1-18(37)34-24-10-8-20(9-11-24)28(39)36-13-12-26(25(17-36)19-6-4-3-5-7-19)35(2)27(38)21-14-22(29(31,32)33)16-23(30)15-21/h3-7,14-16,20,24-26H,8-13,17H2,1-2H3,(H,34,37). The number of nitrogens with one attached hydrogen (secondary N) is 1. The molecule has 4 rings (SSSR count). The molecule has 2 fully saturated rings. The molecule has 2 aromatic rings. The Bertz CT molecular complexity index is 1200. The lowest BCUT2D eigenvalue weighted by atomic mass is 9.82. The van der Waals surface area contributed by atoms with Gasteiger partial charge in [0.15, 0.2) is 0 Å². The van der Waals surface area contributed by atoms with Gasteiger partial charge in [-0.25, -0.2) is 0 Å². The van der Waals surface area contributed by atoms with Gasteiger partial charge in [0.05, 0.1) is 5.56 Å². The van der Waals surface area contributed by atoms with Gasteiger partial charge in [0, 0.05) is 61.0 Å². The first-order valence-electron chi connectivity index (χ1n) is 13.2. The van der Waals surface area contributed by atoms with E-state index in [1.807, 2.05) is 35.2 Å². The second kappa shape index (κ2) is 12.1. The van der Waals surface area contributed by atoms with Crippen molar-refractivity contribution in [2.24, 2.45) is 5.92 Å². The van der Waals surface area contributed by atoms with Gasteiger partial charge in [0.25, 0.3) is 5.91 Å². The minimum atomic E-state index is -4.57. The highest BCUT2D eigenvalue weighted by atomic mass is 79.9. The third kappa shape index (κ3) is 7.01. The molecule has 210 valence electrons. The van der Waals surface area contributed by atoms with E-state index < -0.39 is 17.6 Å². The summed E-state index contributed by atoms with van der Waals surface area (Å²) in [7, 11) is 1.62. The molecule has 0 radical (unpaired) electrons. The van der Waals surface area contributed by atoms with E-state index in [-0.39, 0.29) is 45.8 Å². The fraction of sp³-hybridized carbons (Fsp3) is 0.483. The number of likely N-dealkylation sites (tertiary alicyclic amines) is 1. The number of halogens is 4. The van der Waals surface area contributed by atoms with Gasteiger partial charge in [0.2, 0.25) is 11.8 Å². The van der Waals surface area contributed by atoms with Crippen LogP contribution in [-0.4, -0.2) is 59.7 Å². The molecule has 39 heavy (non-hydrogen) atoms. The first kappa shape index (κ1) is 29.1. The van der Waals surface area contributed by atoms with E-state index >= 15 is 0 Å². The molecule has 1 heterocycles. The van der Waals surface area contributed by atoms with E-state index in [2.05, 4.69) is 21.2 Å². The summed E-state index contributed by atoms with van der Waals surface area (Å²) >= 11 is 3.11. The third-order valence-corrected chi connectivity index (χ3v) is 8.35. The van der Waals surface area contributed by atoms with Crippen LogP contribution in [0.3, 0.4) is 0 Å². The van der Waals surface area contributed by atoms with Crippen LogP contribution in [0.4, 0.5) is 13.2 Å². The van der Waals surface area contributed by atoms with Crippen molar-refractivity contribution in [3.05, 3.63) is 69.7 Å². The number of alkyl halides is 3. The molecule has 1 N–H and O–H groups in total. The van der Waals surface area contributed by atoms with Crippen LogP contribution in [0.1, 0.15) is 66.4 Å². The van der Waals surface area contributed by atoms with Gasteiger partial charge in [-0.15, -0.1) is 0 Å². The van der Waals surface area contributed by atoms with Crippen molar-refractivity contribution in [3.8, 4) is 0 Å². The highest BCUT2D eigenvalue weighted by Crippen LogP contribution is 2.36. The van der Waals surface area contributed by atoms with Crippen LogP contribution in [-0.2, 0) is 15.8 Å². The van der Waals surface area contributed by atoms with Crippen LogP contribution in [0.15, 0.2) is 53.0 Å². The van der Waals surface area contributed by atoms with Crippen molar-refractivity contribution in [1.29, 1.82) is 0 Å². The molecule has 1 saturated carbocycles. The molecular weight excluding hydrogens is 575 g/mol. The number of benzene rings is 2. The van der Waals surface area contributed by atoms with Crippen molar-refractivity contribution < 1.29 is 27.6 Å². The molecule has 2 atom stereocenters. The smallest absolute Gasteiger partial charge is 0.354 e. The zero-order chi connectivity index (χ0) is 28.3. The van der Waals surface area contributed by atoms with Crippen LogP contribution in [0.25, 0.3) is 0 Å². The molecule has 0 bridgehead atoms. The molecule has 6 nitrogen and oxygen atoms in total. The molecule has 2 aliphatic rings. The predicted molar refractivity (Wildman–Crippen MR) is 145 cm³/mol. The summed E-state index contributed by atoms with van der Waals surface area (Å²) in [6, 6.07) is 12.7. The normalized spacial score (nSPS) is 23.7. The van der Waals surface area contributed by atoms with Gasteiger partial charge in [-0.05, 0) is 55.9 Å². The summed E-state index contributed by atoms with van der Waals surface area (Å²) in [5, 5.41) is 2.94. The van der Waals surface area contributed by atoms with Crippen molar-refractivity contribution in [2.45, 2.75) is 63.2 Å². The molecule has 0 spiro atoms. The van der Waals surface area contributed by atoms with Crippen LogP contribution >= 0.6 is 15.9 Å². The van der Waals surface area contributed by atoms with Crippen molar-refractivity contribution in [1.82, 2.24) is 15.1 Å². The lowest BCUT2D eigenvalue weighted by Crippen LogP contribution is -2.53. The Kier molecular flexibility index (Phi) is 9.03. The highest BCUT2D eigenvalue weighted by Gasteiger charge is 2.39. The van der Waals surface area contributed by atoms with Crippen LogP contribution in [0.5, 0.6) is 0 Å². The molecule has 1 aliphatic heterocycles. The summed E-state index contributed by atoms with van der Waals surface area (Å²) < 4.78 is 40.4. The lowest BCUT2D eigenvalue weighted by molar-refractivity contribution is -0.139. The van der Waals surface area contributed by atoms with Gasteiger partial charge in [-0.2, -0.15) is 13.2 Å². The minimum Gasteiger partial charge on any atom is -0.354 e. The minimum absolute atomic E-state index is 0.0413. The van der Waals surface area contributed by atoms with Gasteiger partial charge in [-0.1, -0.05) is 46.3 Å². The molecule has 0 aromatic heterocycles. The van der Waals surface area contributed by atoms with Gasteiger partial charge < -0.3 is 15.1 Å². The maximum atomic E-state index is 13.5. The van der Waals surface area contributed by atoms with E-state index in [0.717, 1.165) is 30.5 Å². The summed E-state index contributed by atoms with van der Waals surface area (Å²) in [6.07, 6.45) is -1.12. The Labute approximate surface area is 235 Å². The summed E-state index contributed by atoms with van der Waals surface area (Å²) in [5.74, 6) is -0.767. The monoisotopic (exact) mass is 607 g/mol. The zero-order valence-corrected chi connectivity index (χ0v) is 23.6. The Hall–Kier alpha value is -2.88. The van der Waals surface area contributed by atoms with Crippen LogP contribution in [0, 0.1) is 5.92 Å². The number of hydrogen-bond acceptors (Lipinski definition) is 3. The first-order chi connectivity index (χ1) is 18.4. The van der Waals surface area contributed by atoms with Crippen LogP contribution in [0.2, 0.25) is 0 Å². The maximum Gasteiger partial charge on any atom is 0.416 e. The quantitative estimate of drug-likeness (QED) is 0.480. The number of rotatable bonds is 5. The lowest BCUT2D eigenvalue weighted by Gasteiger charge is -2.44. The van der Waals surface area contributed by atoms with Crippen molar-refractivity contribution in [3.63, 3.8) is 0 Å². The number of piperidine rings is 1. The topological polar surface area (TPSA) is 69.7 Å². The number of hydrogen-bond donors (Lipinski definition) is 1. The molecule has 10 heteroatoms. The fourth-order valence-electron chi connectivity index (χ4n) is 5.89. The maximum absolute atomic E-state index is 13.5. The summed E-state index contributed by atoms with van der Waals surface area (Å²) in [6.45, 7) is 2.38. The fourth-order valence-corrected chi connectivity index (χ4v) is 6.39. The highest BCUT2D eigenvalue weighted by molar-refractivity contribution is 9.10. The molecule has 1 aliphatic carbocycles. The second-order valence-electron chi connectivity index (χ2n) is 10.5. The first-order valence-corrected chi connectivity index (χ1v) is 14.0. The number of carbonyl (C=O) groups is 3. The molecule has 2 unspecified atom stereocenters. The van der Waals surface area contributed by atoms with E-state index in [9.17, 15) is 27.6 Å². The number of nitrogens with zero attached hydrogens (tertiary/aromatic N) is 2. The van der Waals surface area contributed by atoms with Gasteiger partial charge in [0.1, 0.15) is 0 Å². The third-order valence-electron chi connectivity index (χ3n) is 7.89. The van der Waals surface area contributed by atoms with E-state index in [1.165, 1.54) is 17.9 Å². The van der Waals surface area contributed by atoms with Crippen molar-refractivity contribution >= 4 is 33.7 Å². The summed E-state index contributed by atoms with van der Waals surface area (Å²) in [4.78, 5) is 41.7. The van der Waals surface area contributed by atoms with Gasteiger partial charge >= 0.3 is 6.18 Å². The Morgan fingerprint density at radius 1 is 1.00 bits per heavy atom. The van der Waals surface area contributed by atoms with Crippen LogP contribution < -0.4 is 5.32 Å². The average Bonchev–Trinajstić information content (AvgIpc) is 2.91.